The quantitative estimate of drug-likeness (QED) is 0.296. The van der Waals surface area contributed by atoms with Crippen LogP contribution in [0.5, 0.6) is 11.5 Å². The van der Waals surface area contributed by atoms with Crippen molar-refractivity contribution in [1.82, 2.24) is 20.1 Å². The summed E-state index contributed by atoms with van der Waals surface area (Å²) in [5.41, 5.74) is 1.26. The SMILES string of the molecule is COc1ccc(/C=C/C(=O)NCc2nnc(SCC(=O)Nc3ccc(Cl)cc3Cl)n2C)cc1OC. The van der Waals surface area contributed by atoms with Crippen molar-refractivity contribution in [3.63, 3.8) is 0 Å². The summed E-state index contributed by atoms with van der Waals surface area (Å²) in [4.78, 5) is 24.5. The molecule has 0 atom stereocenters. The van der Waals surface area contributed by atoms with Crippen molar-refractivity contribution in [3.05, 3.63) is 63.9 Å². The van der Waals surface area contributed by atoms with Gasteiger partial charge in [-0.3, -0.25) is 9.59 Å². The van der Waals surface area contributed by atoms with Crippen LogP contribution >= 0.6 is 35.0 Å². The highest BCUT2D eigenvalue weighted by Gasteiger charge is 2.13. The van der Waals surface area contributed by atoms with Crippen LogP contribution in [0.1, 0.15) is 11.4 Å². The van der Waals surface area contributed by atoms with Gasteiger partial charge in [-0.2, -0.15) is 0 Å². The van der Waals surface area contributed by atoms with Crippen molar-refractivity contribution in [3.8, 4) is 11.5 Å². The minimum absolute atomic E-state index is 0.103. The average molecular weight is 536 g/mol. The van der Waals surface area contributed by atoms with Gasteiger partial charge in [-0.25, -0.2) is 0 Å². The van der Waals surface area contributed by atoms with E-state index >= 15 is 0 Å². The number of nitrogens with one attached hydrogen (secondary N) is 2. The van der Waals surface area contributed by atoms with Crippen molar-refractivity contribution in [2.75, 3.05) is 25.3 Å². The number of hydrogen-bond donors (Lipinski definition) is 2. The second-order valence-electron chi connectivity index (χ2n) is 7.08. The number of hydrogen-bond acceptors (Lipinski definition) is 7. The smallest absolute Gasteiger partial charge is 0.244 e. The minimum atomic E-state index is -0.295. The molecule has 0 unspecified atom stereocenters. The number of carbonyl (C=O) groups excluding carboxylic acids is 2. The molecule has 0 fully saturated rings. The number of rotatable bonds is 10. The molecule has 12 heteroatoms. The van der Waals surface area contributed by atoms with Crippen LogP contribution in [0.15, 0.2) is 47.6 Å². The van der Waals surface area contributed by atoms with Crippen LogP contribution in [0.3, 0.4) is 0 Å². The molecule has 184 valence electrons. The van der Waals surface area contributed by atoms with Gasteiger partial charge in [0, 0.05) is 18.1 Å². The zero-order valence-corrected chi connectivity index (χ0v) is 21.5. The third-order valence-electron chi connectivity index (χ3n) is 4.72. The van der Waals surface area contributed by atoms with Crippen LogP contribution in [0, 0.1) is 0 Å². The molecule has 0 aliphatic carbocycles. The maximum Gasteiger partial charge on any atom is 0.244 e. The van der Waals surface area contributed by atoms with E-state index in [-0.39, 0.29) is 24.1 Å². The Morgan fingerprint density at radius 2 is 1.86 bits per heavy atom. The van der Waals surface area contributed by atoms with E-state index in [4.69, 9.17) is 32.7 Å². The van der Waals surface area contributed by atoms with E-state index in [1.165, 1.54) is 17.8 Å². The molecule has 0 saturated heterocycles. The lowest BCUT2D eigenvalue weighted by Crippen LogP contribution is -2.22. The molecular formula is C23H23Cl2N5O4S. The Balaban J connectivity index is 1.50. The summed E-state index contributed by atoms with van der Waals surface area (Å²) in [6, 6.07) is 10.2. The van der Waals surface area contributed by atoms with E-state index in [9.17, 15) is 9.59 Å². The van der Waals surface area contributed by atoms with E-state index in [1.807, 2.05) is 6.07 Å². The first-order valence-corrected chi connectivity index (χ1v) is 12.0. The van der Waals surface area contributed by atoms with Crippen LogP contribution in [-0.2, 0) is 23.2 Å². The number of nitrogens with zero attached hydrogens (tertiary/aromatic N) is 3. The number of ether oxygens (including phenoxy) is 2. The molecule has 3 aromatic rings. The Morgan fingerprint density at radius 1 is 1.09 bits per heavy atom. The molecule has 3 rings (SSSR count). The highest BCUT2D eigenvalue weighted by atomic mass is 35.5. The number of halogens is 2. The third kappa shape index (κ3) is 7.38. The molecule has 0 spiro atoms. The summed E-state index contributed by atoms with van der Waals surface area (Å²) in [6.07, 6.45) is 3.08. The van der Waals surface area contributed by atoms with Crippen LogP contribution in [0.4, 0.5) is 5.69 Å². The maximum absolute atomic E-state index is 12.3. The highest BCUT2D eigenvalue weighted by molar-refractivity contribution is 7.99. The molecule has 0 radical (unpaired) electrons. The molecule has 0 aliphatic rings. The number of carbonyl (C=O) groups is 2. The Labute approximate surface area is 216 Å². The van der Waals surface area contributed by atoms with E-state index in [0.29, 0.717) is 38.2 Å². The summed E-state index contributed by atoms with van der Waals surface area (Å²) >= 11 is 13.2. The molecule has 1 aromatic heterocycles. The molecule has 2 N–H and O–H groups in total. The second-order valence-corrected chi connectivity index (χ2v) is 8.87. The van der Waals surface area contributed by atoms with Gasteiger partial charge >= 0.3 is 0 Å². The predicted octanol–water partition coefficient (Wildman–Crippen LogP) is 4.20. The number of thioether (sulfide) groups is 1. The van der Waals surface area contributed by atoms with Crippen LogP contribution < -0.4 is 20.1 Å². The van der Waals surface area contributed by atoms with Crippen LogP contribution in [0.2, 0.25) is 10.0 Å². The number of benzene rings is 2. The first-order chi connectivity index (χ1) is 16.8. The fourth-order valence-corrected chi connectivity index (χ4v) is 4.07. The van der Waals surface area contributed by atoms with E-state index in [0.717, 1.165) is 5.56 Å². The number of amides is 2. The van der Waals surface area contributed by atoms with Crippen molar-refractivity contribution >= 4 is 58.5 Å². The Morgan fingerprint density at radius 3 is 2.57 bits per heavy atom. The number of aromatic nitrogens is 3. The normalized spacial score (nSPS) is 10.9. The molecule has 9 nitrogen and oxygen atoms in total. The number of anilines is 1. The van der Waals surface area contributed by atoms with Gasteiger partial charge in [-0.05, 0) is 42.0 Å². The summed E-state index contributed by atoms with van der Waals surface area (Å²) in [7, 11) is 4.87. The fourth-order valence-electron chi connectivity index (χ4n) is 2.89. The third-order valence-corrected chi connectivity index (χ3v) is 6.29. The van der Waals surface area contributed by atoms with Crippen LogP contribution in [0.25, 0.3) is 6.08 Å². The molecule has 0 bridgehead atoms. The average Bonchev–Trinajstić information content (AvgIpc) is 3.20. The van der Waals surface area contributed by atoms with Crippen molar-refractivity contribution in [2.24, 2.45) is 7.05 Å². The largest absolute Gasteiger partial charge is 0.493 e. The molecule has 1 heterocycles. The van der Waals surface area contributed by atoms with Crippen molar-refractivity contribution < 1.29 is 19.1 Å². The lowest BCUT2D eigenvalue weighted by atomic mass is 10.2. The predicted molar refractivity (Wildman–Crippen MR) is 137 cm³/mol. The van der Waals surface area contributed by atoms with Crippen molar-refractivity contribution in [2.45, 2.75) is 11.7 Å². The monoisotopic (exact) mass is 535 g/mol. The summed E-state index contributed by atoms with van der Waals surface area (Å²) in [6.45, 7) is 0.172. The Bertz CT molecular complexity index is 1250. The van der Waals surface area contributed by atoms with E-state index in [1.54, 1.807) is 62.2 Å². The van der Waals surface area contributed by atoms with Crippen LogP contribution in [-0.4, -0.2) is 46.6 Å². The zero-order chi connectivity index (χ0) is 25.4. The van der Waals surface area contributed by atoms with Gasteiger partial charge in [-0.15, -0.1) is 10.2 Å². The van der Waals surface area contributed by atoms with Gasteiger partial charge in [0.2, 0.25) is 11.8 Å². The molecular weight excluding hydrogens is 513 g/mol. The van der Waals surface area contributed by atoms with Gasteiger partial charge in [-0.1, -0.05) is 41.0 Å². The molecule has 0 saturated carbocycles. The highest BCUT2D eigenvalue weighted by Crippen LogP contribution is 2.28. The summed E-state index contributed by atoms with van der Waals surface area (Å²) in [5, 5.41) is 15.0. The minimum Gasteiger partial charge on any atom is -0.493 e. The van der Waals surface area contributed by atoms with Gasteiger partial charge in [0.15, 0.2) is 22.5 Å². The number of methoxy groups -OCH3 is 2. The standard InChI is InChI=1S/C23H23Cl2N5O4S/c1-30-20(12-26-21(31)9-5-14-4-8-18(33-2)19(10-14)34-3)28-29-23(30)35-13-22(32)27-17-7-6-15(24)11-16(17)25/h4-11H,12-13H2,1-3H3,(H,26,31)(H,27,32)/b9-5+. The molecule has 2 aromatic carbocycles. The van der Waals surface area contributed by atoms with Gasteiger partial charge in [0.1, 0.15) is 0 Å². The first-order valence-electron chi connectivity index (χ1n) is 10.2. The van der Waals surface area contributed by atoms with Gasteiger partial charge < -0.3 is 24.7 Å². The molecule has 35 heavy (non-hydrogen) atoms. The maximum atomic E-state index is 12.3. The summed E-state index contributed by atoms with van der Waals surface area (Å²) < 4.78 is 12.2. The van der Waals surface area contributed by atoms with E-state index < -0.39 is 0 Å². The summed E-state index contributed by atoms with van der Waals surface area (Å²) in [5.74, 6) is 1.28. The Kier molecular flexibility index (Phi) is 9.41. The van der Waals surface area contributed by atoms with Gasteiger partial charge in [0.25, 0.3) is 0 Å². The lowest BCUT2D eigenvalue weighted by Gasteiger charge is -2.08. The Hall–Kier alpha value is -3.21. The second kappa shape index (κ2) is 12.5. The first kappa shape index (κ1) is 26.4. The van der Waals surface area contributed by atoms with Gasteiger partial charge in [0.05, 0.1) is 37.2 Å². The fraction of sp³-hybridized carbons (Fsp3) is 0.217. The van der Waals surface area contributed by atoms with Crippen molar-refractivity contribution in [1.29, 1.82) is 0 Å². The lowest BCUT2D eigenvalue weighted by molar-refractivity contribution is -0.116. The van der Waals surface area contributed by atoms with E-state index in [2.05, 4.69) is 20.8 Å². The topological polar surface area (TPSA) is 107 Å². The zero-order valence-electron chi connectivity index (χ0n) is 19.2. The molecule has 2 amide bonds. The molecule has 0 aliphatic heterocycles.